The Morgan fingerprint density at radius 3 is 2.30 bits per heavy atom. The van der Waals surface area contributed by atoms with Crippen molar-refractivity contribution in [2.75, 3.05) is 5.32 Å². The Balaban J connectivity index is 1.67. The molecule has 0 spiro atoms. The molecule has 1 heterocycles. The van der Waals surface area contributed by atoms with Gasteiger partial charge in [0.05, 0.1) is 26.9 Å². The molecule has 2 aromatic rings. The number of nitrogens with one attached hydrogen (secondary N) is 3. The van der Waals surface area contributed by atoms with E-state index in [2.05, 4.69) is 15.9 Å². The standard InChI is InChI=1S/C18H17N7O8/c1-11(8-12-2-4-13(5-3-12)23(27)28)22-10-17(33-21-22)20-18(26)19-15-7-6-14(24(29)30)9-16(15)25(31)32/h2-7,9-11,21H,8H2,1H3,(H2,19,20,26). The van der Waals surface area contributed by atoms with Gasteiger partial charge in [0.1, 0.15) is 11.7 Å². The summed E-state index contributed by atoms with van der Waals surface area (Å²) in [7, 11) is 0. The predicted molar refractivity (Wildman–Crippen MR) is 110 cm³/mol. The number of quaternary nitrogens is 1. The zero-order valence-corrected chi connectivity index (χ0v) is 17.0. The Morgan fingerprint density at radius 2 is 1.70 bits per heavy atom. The fourth-order valence-electron chi connectivity index (χ4n) is 2.95. The van der Waals surface area contributed by atoms with E-state index in [-0.39, 0.29) is 23.3 Å². The van der Waals surface area contributed by atoms with Crippen LogP contribution in [0.4, 0.5) is 22.7 Å². The molecule has 0 saturated carbocycles. The molecule has 0 aromatic heterocycles. The van der Waals surface area contributed by atoms with Gasteiger partial charge >= 0.3 is 0 Å². The normalized spacial score (nSPS) is 16.5. The highest BCUT2D eigenvalue weighted by molar-refractivity contribution is 5.89. The van der Waals surface area contributed by atoms with Crippen molar-refractivity contribution >= 4 is 28.8 Å². The molecule has 0 aliphatic carbocycles. The van der Waals surface area contributed by atoms with Crippen molar-refractivity contribution in [1.82, 2.24) is 5.59 Å². The molecular formula is C18H17N7O8. The fraction of sp³-hybridized carbons (Fsp3) is 0.167. The van der Waals surface area contributed by atoms with Crippen LogP contribution in [0.25, 0.3) is 0 Å². The molecule has 0 amide bonds. The van der Waals surface area contributed by atoms with Gasteiger partial charge in [0, 0.05) is 30.2 Å². The van der Waals surface area contributed by atoms with Crippen molar-refractivity contribution in [3.63, 3.8) is 0 Å². The minimum atomic E-state index is -0.982. The number of nitro benzene ring substituents is 3. The summed E-state index contributed by atoms with van der Waals surface area (Å²) in [5, 5.41) is 47.7. The maximum absolute atomic E-state index is 12.2. The van der Waals surface area contributed by atoms with E-state index in [1.807, 2.05) is 6.92 Å². The number of aliphatic imine (C=N–C) groups is 1. The van der Waals surface area contributed by atoms with Crippen LogP contribution in [0.1, 0.15) is 12.5 Å². The van der Waals surface area contributed by atoms with Crippen molar-refractivity contribution in [2.24, 2.45) is 4.99 Å². The quantitative estimate of drug-likeness (QED) is 0.213. The predicted octanol–water partition coefficient (Wildman–Crippen LogP) is 0.304. The number of rotatable bonds is 8. The molecule has 15 nitrogen and oxygen atoms in total. The van der Waals surface area contributed by atoms with Gasteiger partial charge in [-0.3, -0.25) is 30.3 Å². The van der Waals surface area contributed by atoms with Crippen LogP contribution in [-0.4, -0.2) is 26.8 Å². The molecule has 1 aliphatic heterocycles. The second-order valence-corrected chi connectivity index (χ2v) is 6.93. The van der Waals surface area contributed by atoms with Crippen LogP contribution >= 0.6 is 0 Å². The van der Waals surface area contributed by atoms with E-state index in [9.17, 15) is 35.4 Å². The smallest absolute Gasteiger partial charge is 0.300 e. The molecule has 0 radical (unpaired) electrons. The van der Waals surface area contributed by atoms with Gasteiger partial charge < -0.3 is 15.3 Å². The molecule has 2 atom stereocenters. The van der Waals surface area contributed by atoms with Crippen molar-refractivity contribution in [3.8, 4) is 0 Å². The SMILES string of the molecule is CC(Cc1ccc([N+](=O)[O-])cc1)[NH+]1C=C(/N=C(\[O-])Nc2ccc([N+](=O)[O-])cc2[N+](=O)[O-])ON1. The van der Waals surface area contributed by atoms with Gasteiger partial charge in [-0.1, -0.05) is 12.1 Å². The van der Waals surface area contributed by atoms with Gasteiger partial charge in [-0.05, 0) is 18.6 Å². The summed E-state index contributed by atoms with van der Waals surface area (Å²) in [6.07, 6.45) is 1.99. The summed E-state index contributed by atoms with van der Waals surface area (Å²) in [5.74, 6) is -0.0948. The number of benzene rings is 2. The number of hydrogen-bond donors (Lipinski definition) is 3. The molecule has 2 aromatic carbocycles. The first kappa shape index (κ1) is 23.0. The first-order chi connectivity index (χ1) is 15.6. The van der Waals surface area contributed by atoms with Crippen molar-refractivity contribution in [3.05, 3.63) is 90.5 Å². The highest BCUT2D eigenvalue weighted by atomic mass is 16.7. The number of amidine groups is 1. The average molecular weight is 459 g/mol. The van der Waals surface area contributed by atoms with Crippen LogP contribution in [-0.2, 0) is 11.3 Å². The summed E-state index contributed by atoms with van der Waals surface area (Å²) < 4.78 is 0. The van der Waals surface area contributed by atoms with Crippen LogP contribution in [0, 0.1) is 30.3 Å². The van der Waals surface area contributed by atoms with E-state index in [0.29, 0.717) is 11.4 Å². The number of nitro groups is 3. The van der Waals surface area contributed by atoms with Crippen LogP contribution in [0.5, 0.6) is 0 Å². The summed E-state index contributed by atoms with van der Waals surface area (Å²) >= 11 is 0. The molecule has 0 bridgehead atoms. The van der Waals surface area contributed by atoms with E-state index in [1.54, 1.807) is 12.1 Å². The molecule has 0 fully saturated rings. The lowest BCUT2D eigenvalue weighted by Gasteiger charge is -2.15. The molecular weight excluding hydrogens is 442 g/mol. The highest BCUT2D eigenvalue weighted by Gasteiger charge is 2.25. The van der Waals surface area contributed by atoms with Gasteiger partial charge in [-0.15, -0.1) is 0 Å². The zero-order valence-electron chi connectivity index (χ0n) is 17.0. The lowest BCUT2D eigenvalue weighted by molar-refractivity contribution is -0.934. The average Bonchev–Trinajstić information content (AvgIpc) is 3.22. The topological polar surface area (TPSA) is 203 Å². The molecule has 3 N–H and O–H groups in total. The Bertz CT molecular complexity index is 1150. The van der Waals surface area contributed by atoms with Crippen LogP contribution in [0.2, 0.25) is 0 Å². The maximum Gasteiger partial charge on any atom is 0.300 e. The van der Waals surface area contributed by atoms with E-state index >= 15 is 0 Å². The molecule has 3 rings (SSSR count). The van der Waals surface area contributed by atoms with E-state index in [4.69, 9.17) is 4.84 Å². The summed E-state index contributed by atoms with van der Waals surface area (Å²) in [6.45, 7) is 1.87. The Kier molecular flexibility index (Phi) is 6.75. The molecule has 33 heavy (non-hydrogen) atoms. The molecule has 2 unspecified atom stereocenters. The molecule has 1 aliphatic rings. The van der Waals surface area contributed by atoms with E-state index in [0.717, 1.165) is 23.8 Å². The van der Waals surface area contributed by atoms with Gasteiger partial charge in [0.15, 0.2) is 6.20 Å². The zero-order chi connectivity index (χ0) is 24.1. The largest absolute Gasteiger partial charge is 0.846 e. The van der Waals surface area contributed by atoms with E-state index in [1.165, 1.54) is 18.3 Å². The monoisotopic (exact) mass is 459 g/mol. The van der Waals surface area contributed by atoms with Crippen molar-refractivity contribution in [1.29, 1.82) is 0 Å². The first-order valence-electron chi connectivity index (χ1n) is 9.34. The lowest BCUT2D eigenvalue weighted by atomic mass is 10.1. The van der Waals surface area contributed by atoms with Gasteiger partial charge in [-0.2, -0.15) is 5.01 Å². The van der Waals surface area contributed by atoms with Crippen molar-refractivity contribution < 1.29 is 29.7 Å². The van der Waals surface area contributed by atoms with Crippen molar-refractivity contribution in [2.45, 2.75) is 19.4 Å². The third-order valence-electron chi connectivity index (χ3n) is 4.61. The summed E-state index contributed by atoms with van der Waals surface area (Å²) in [6, 6.07) is 7.79. The number of hydrogen-bond acceptors (Lipinski definition) is 10. The Labute approximate surface area is 185 Å². The minimum Gasteiger partial charge on any atom is -0.846 e. The second-order valence-electron chi connectivity index (χ2n) is 6.93. The van der Waals surface area contributed by atoms with Gasteiger partial charge in [-0.25, -0.2) is 4.99 Å². The third kappa shape index (κ3) is 5.75. The Hall–Kier alpha value is -4.63. The minimum absolute atomic E-state index is 0.0124. The summed E-state index contributed by atoms with van der Waals surface area (Å²) in [5.41, 5.74) is 2.06. The molecule has 15 heteroatoms. The van der Waals surface area contributed by atoms with Crippen LogP contribution in [0.3, 0.4) is 0 Å². The second kappa shape index (κ2) is 9.67. The van der Waals surface area contributed by atoms with Gasteiger partial charge in [0.25, 0.3) is 22.9 Å². The Morgan fingerprint density at radius 1 is 1.06 bits per heavy atom. The van der Waals surface area contributed by atoms with Crippen LogP contribution < -0.4 is 21.0 Å². The maximum atomic E-state index is 12.2. The number of non-ortho nitro benzene ring substituents is 2. The van der Waals surface area contributed by atoms with E-state index < -0.39 is 32.2 Å². The number of nitrogens with zero attached hydrogens (tertiary/aromatic N) is 4. The fourth-order valence-corrected chi connectivity index (χ4v) is 2.95. The molecule has 172 valence electrons. The van der Waals surface area contributed by atoms with Crippen LogP contribution in [0.15, 0.2) is 59.5 Å². The van der Waals surface area contributed by atoms with Gasteiger partial charge in [0.2, 0.25) is 0 Å². The highest BCUT2D eigenvalue weighted by Crippen LogP contribution is 2.28. The molecule has 0 saturated heterocycles. The first-order valence-corrected chi connectivity index (χ1v) is 9.34. The third-order valence-corrected chi connectivity index (χ3v) is 4.61. The summed E-state index contributed by atoms with van der Waals surface area (Å²) in [4.78, 5) is 39.4. The number of anilines is 1. The lowest BCUT2D eigenvalue weighted by Crippen LogP contribution is -3.16.